The fourth-order valence-corrected chi connectivity index (χ4v) is 1.65. The number of benzene rings is 1. The lowest BCUT2D eigenvalue weighted by atomic mass is 10.3. The van der Waals surface area contributed by atoms with Crippen LogP contribution in [0.2, 0.25) is 0 Å². The zero-order valence-corrected chi connectivity index (χ0v) is 11.4. The molecular formula is C13H15NO4S. The van der Waals surface area contributed by atoms with Gasteiger partial charge in [-0.2, -0.15) is 0 Å². The molecule has 1 aromatic rings. The summed E-state index contributed by atoms with van der Waals surface area (Å²) < 4.78 is 9.51. The van der Waals surface area contributed by atoms with Crippen molar-refractivity contribution in [3.63, 3.8) is 0 Å². The molecule has 0 fully saturated rings. The molecule has 0 aliphatic carbocycles. The Morgan fingerprint density at radius 3 is 2.79 bits per heavy atom. The van der Waals surface area contributed by atoms with Crippen molar-refractivity contribution in [2.24, 2.45) is 0 Å². The van der Waals surface area contributed by atoms with Crippen molar-refractivity contribution in [1.29, 1.82) is 0 Å². The van der Waals surface area contributed by atoms with Gasteiger partial charge in [-0.25, -0.2) is 9.59 Å². The van der Waals surface area contributed by atoms with Crippen LogP contribution in [-0.4, -0.2) is 31.5 Å². The number of hydrogen-bond acceptors (Lipinski definition) is 5. The molecule has 0 aliphatic heterocycles. The van der Waals surface area contributed by atoms with Crippen molar-refractivity contribution in [3.05, 3.63) is 36.9 Å². The smallest absolute Gasteiger partial charge is 0.411 e. The maximum absolute atomic E-state index is 11.4. The maximum Gasteiger partial charge on any atom is 0.411 e. The van der Waals surface area contributed by atoms with Gasteiger partial charge in [0.2, 0.25) is 0 Å². The highest BCUT2D eigenvalue weighted by Gasteiger charge is 2.04. The van der Waals surface area contributed by atoms with Crippen LogP contribution in [0.3, 0.4) is 0 Å². The number of carbonyl (C=O) groups excluding carboxylic acids is 2. The second kappa shape index (κ2) is 8.20. The molecule has 5 nitrogen and oxygen atoms in total. The van der Waals surface area contributed by atoms with Gasteiger partial charge in [-0.3, -0.25) is 5.32 Å². The number of carbonyl (C=O) groups is 2. The molecular weight excluding hydrogens is 266 g/mol. The molecule has 0 bridgehead atoms. The summed E-state index contributed by atoms with van der Waals surface area (Å²) in [6.45, 7) is 3.25. The Balaban J connectivity index is 2.30. The molecule has 0 saturated heterocycles. The van der Waals surface area contributed by atoms with E-state index in [1.54, 1.807) is 17.8 Å². The molecule has 1 aromatic carbocycles. The minimum atomic E-state index is -0.590. The molecule has 0 atom stereocenters. The first kappa shape index (κ1) is 15.1. The van der Waals surface area contributed by atoms with E-state index < -0.39 is 12.1 Å². The van der Waals surface area contributed by atoms with Crippen LogP contribution in [0.5, 0.6) is 0 Å². The van der Waals surface area contributed by atoms with Crippen molar-refractivity contribution in [1.82, 2.24) is 0 Å². The van der Waals surface area contributed by atoms with Crippen LogP contribution in [0.25, 0.3) is 0 Å². The molecule has 1 N–H and O–H groups in total. The van der Waals surface area contributed by atoms with Gasteiger partial charge in [-0.05, 0) is 24.5 Å². The highest BCUT2D eigenvalue weighted by atomic mass is 32.2. The summed E-state index contributed by atoms with van der Waals surface area (Å²) in [5.41, 5.74) is 0.653. The van der Waals surface area contributed by atoms with Gasteiger partial charge in [0.1, 0.15) is 13.2 Å². The van der Waals surface area contributed by atoms with E-state index in [0.717, 1.165) is 11.0 Å². The van der Waals surface area contributed by atoms with Crippen molar-refractivity contribution in [2.75, 3.05) is 24.8 Å². The fraction of sp³-hybridized carbons (Fsp3) is 0.231. The third-order valence-electron chi connectivity index (χ3n) is 2.04. The fourth-order valence-electron chi connectivity index (χ4n) is 1.19. The zero-order chi connectivity index (χ0) is 14.1. The summed E-state index contributed by atoms with van der Waals surface area (Å²) in [5, 5.41) is 2.58. The minimum Gasteiger partial charge on any atom is -0.459 e. The zero-order valence-electron chi connectivity index (χ0n) is 10.5. The van der Waals surface area contributed by atoms with Crippen LogP contribution < -0.4 is 5.32 Å². The van der Waals surface area contributed by atoms with Gasteiger partial charge < -0.3 is 9.47 Å². The summed E-state index contributed by atoms with van der Waals surface area (Å²) in [7, 11) is 0. The van der Waals surface area contributed by atoms with Crippen LogP contribution in [0, 0.1) is 0 Å². The Bertz CT molecular complexity index is 462. The Hall–Kier alpha value is -1.95. The number of thioether (sulfide) groups is 1. The number of anilines is 1. The van der Waals surface area contributed by atoms with E-state index in [-0.39, 0.29) is 13.2 Å². The minimum absolute atomic E-state index is 0.00310. The maximum atomic E-state index is 11.4. The molecule has 0 spiro atoms. The number of amides is 1. The van der Waals surface area contributed by atoms with E-state index >= 15 is 0 Å². The van der Waals surface area contributed by atoms with Crippen molar-refractivity contribution in [3.8, 4) is 0 Å². The molecule has 1 rings (SSSR count). The second-order valence-corrected chi connectivity index (χ2v) is 4.24. The lowest BCUT2D eigenvalue weighted by Gasteiger charge is -2.07. The highest BCUT2D eigenvalue weighted by molar-refractivity contribution is 7.98. The Morgan fingerprint density at radius 2 is 2.11 bits per heavy atom. The lowest BCUT2D eigenvalue weighted by molar-refractivity contribution is -0.138. The summed E-state index contributed by atoms with van der Waals surface area (Å²) >= 11 is 1.58. The van der Waals surface area contributed by atoms with E-state index in [9.17, 15) is 9.59 Å². The second-order valence-electron chi connectivity index (χ2n) is 3.36. The quantitative estimate of drug-likeness (QED) is 0.376. The van der Waals surface area contributed by atoms with E-state index in [2.05, 4.69) is 16.6 Å². The molecule has 0 radical (unpaired) electrons. The molecule has 19 heavy (non-hydrogen) atoms. The third-order valence-corrected chi connectivity index (χ3v) is 2.77. The molecule has 0 aliphatic rings. The molecule has 0 saturated carbocycles. The van der Waals surface area contributed by atoms with E-state index in [1.165, 1.54) is 0 Å². The van der Waals surface area contributed by atoms with Crippen molar-refractivity contribution < 1.29 is 19.1 Å². The molecule has 0 heterocycles. The largest absolute Gasteiger partial charge is 0.459 e. The van der Waals surface area contributed by atoms with Gasteiger partial charge >= 0.3 is 12.1 Å². The van der Waals surface area contributed by atoms with Gasteiger partial charge in [0.05, 0.1) is 0 Å². The van der Waals surface area contributed by atoms with Crippen molar-refractivity contribution >= 4 is 29.5 Å². The highest BCUT2D eigenvalue weighted by Crippen LogP contribution is 2.18. The molecule has 6 heteroatoms. The van der Waals surface area contributed by atoms with E-state index in [0.29, 0.717) is 5.69 Å². The number of esters is 1. The first-order valence-electron chi connectivity index (χ1n) is 5.52. The van der Waals surface area contributed by atoms with E-state index in [4.69, 9.17) is 4.74 Å². The summed E-state index contributed by atoms with van der Waals surface area (Å²) in [6, 6.07) is 7.38. The van der Waals surface area contributed by atoms with Gasteiger partial charge in [-0.15, -0.1) is 11.8 Å². The number of nitrogens with one attached hydrogen (secondary N) is 1. The normalized spacial score (nSPS) is 9.53. The van der Waals surface area contributed by atoms with Crippen LogP contribution in [0.4, 0.5) is 10.5 Å². The molecule has 0 aromatic heterocycles. The van der Waals surface area contributed by atoms with Crippen LogP contribution in [0.1, 0.15) is 0 Å². The summed E-state index contributed by atoms with van der Waals surface area (Å²) in [6.07, 6.45) is 2.41. The molecule has 1 amide bonds. The predicted octanol–water partition coefficient (Wildman–Crippen LogP) is 2.69. The van der Waals surface area contributed by atoms with Crippen LogP contribution in [-0.2, 0) is 14.3 Å². The summed E-state index contributed by atoms with van der Waals surface area (Å²) in [4.78, 5) is 23.2. The topological polar surface area (TPSA) is 64.6 Å². The number of hydrogen-bond donors (Lipinski definition) is 1. The number of rotatable bonds is 6. The Morgan fingerprint density at radius 1 is 1.37 bits per heavy atom. The van der Waals surface area contributed by atoms with Crippen LogP contribution >= 0.6 is 11.8 Å². The van der Waals surface area contributed by atoms with Gasteiger partial charge in [0, 0.05) is 16.7 Å². The van der Waals surface area contributed by atoms with E-state index in [1.807, 2.05) is 24.5 Å². The first-order valence-corrected chi connectivity index (χ1v) is 6.75. The average molecular weight is 281 g/mol. The number of ether oxygens (including phenoxy) is 2. The predicted molar refractivity (Wildman–Crippen MR) is 74.3 cm³/mol. The first-order chi connectivity index (χ1) is 9.15. The third kappa shape index (κ3) is 5.96. The standard InChI is InChI=1S/C13H15NO4S/c1-3-12(15)17-7-8-18-13(16)14-10-5-4-6-11(9-10)19-2/h3-6,9H,1,7-8H2,2H3,(H,14,16). The van der Waals surface area contributed by atoms with Gasteiger partial charge in [0.15, 0.2) is 0 Å². The average Bonchev–Trinajstić information content (AvgIpc) is 2.43. The monoisotopic (exact) mass is 281 g/mol. The van der Waals surface area contributed by atoms with Crippen LogP contribution in [0.15, 0.2) is 41.8 Å². The Kier molecular flexibility index (Phi) is 6.52. The van der Waals surface area contributed by atoms with Gasteiger partial charge in [-0.1, -0.05) is 12.6 Å². The molecule has 0 unspecified atom stereocenters. The SMILES string of the molecule is C=CC(=O)OCCOC(=O)Nc1cccc(SC)c1. The van der Waals surface area contributed by atoms with Gasteiger partial charge in [0.25, 0.3) is 0 Å². The lowest BCUT2D eigenvalue weighted by Crippen LogP contribution is -2.17. The van der Waals surface area contributed by atoms with Crippen molar-refractivity contribution in [2.45, 2.75) is 4.90 Å². The Labute approximate surface area is 116 Å². The summed E-state index contributed by atoms with van der Waals surface area (Å²) in [5.74, 6) is -0.545. The molecule has 102 valence electrons.